The number of amides is 1. The van der Waals surface area contributed by atoms with Crippen molar-refractivity contribution in [2.75, 3.05) is 6.54 Å². The van der Waals surface area contributed by atoms with Crippen molar-refractivity contribution in [3.8, 4) is 0 Å². The van der Waals surface area contributed by atoms with Crippen LogP contribution < -0.4 is 10.6 Å². The molecule has 0 fully saturated rings. The minimum Gasteiger partial charge on any atom is -0.352 e. The van der Waals surface area contributed by atoms with E-state index in [4.69, 9.17) is 0 Å². The standard InChI is InChI=1S/C17H21N3O/c1-14-4-2-5-15(10-14)13-20-17(21)7-9-19-12-16-6-3-8-18-11-16/h2-6,8,10-11,19H,7,9,12-13H2,1H3,(H,20,21). The van der Waals surface area contributed by atoms with Crippen molar-refractivity contribution in [3.63, 3.8) is 0 Å². The maximum atomic E-state index is 11.7. The first-order valence-electron chi connectivity index (χ1n) is 7.16. The van der Waals surface area contributed by atoms with Crippen LogP contribution in [0.25, 0.3) is 0 Å². The lowest BCUT2D eigenvalue weighted by Crippen LogP contribution is -2.27. The molecule has 1 aromatic heterocycles. The van der Waals surface area contributed by atoms with Crippen molar-refractivity contribution in [1.29, 1.82) is 0 Å². The van der Waals surface area contributed by atoms with E-state index < -0.39 is 0 Å². The van der Waals surface area contributed by atoms with Crippen molar-refractivity contribution in [2.45, 2.75) is 26.4 Å². The van der Waals surface area contributed by atoms with Crippen molar-refractivity contribution >= 4 is 5.91 Å². The summed E-state index contributed by atoms with van der Waals surface area (Å²) < 4.78 is 0. The predicted molar refractivity (Wildman–Crippen MR) is 83.6 cm³/mol. The van der Waals surface area contributed by atoms with E-state index in [2.05, 4.69) is 21.7 Å². The minimum atomic E-state index is 0.0650. The van der Waals surface area contributed by atoms with Gasteiger partial charge in [0, 0.05) is 38.4 Å². The van der Waals surface area contributed by atoms with E-state index in [1.165, 1.54) is 5.56 Å². The fourth-order valence-electron chi connectivity index (χ4n) is 2.05. The van der Waals surface area contributed by atoms with Crippen LogP contribution in [0.4, 0.5) is 0 Å². The Hall–Kier alpha value is -2.20. The smallest absolute Gasteiger partial charge is 0.221 e. The SMILES string of the molecule is Cc1cccc(CNC(=O)CCNCc2cccnc2)c1. The van der Waals surface area contributed by atoms with Gasteiger partial charge in [0.05, 0.1) is 0 Å². The highest BCUT2D eigenvalue weighted by Crippen LogP contribution is 2.03. The molecule has 2 aromatic rings. The average Bonchev–Trinajstić information content (AvgIpc) is 2.51. The molecule has 4 nitrogen and oxygen atoms in total. The van der Waals surface area contributed by atoms with Gasteiger partial charge in [-0.1, -0.05) is 35.9 Å². The van der Waals surface area contributed by atoms with Crippen molar-refractivity contribution in [1.82, 2.24) is 15.6 Å². The molecule has 1 amide bonds. The first-order chi connectivity index (χ1) is 10.2. The van der Waals surface area contributed by atoms with E-state index in [9.17, 15) is 4.79 Å². The van der Waals surface area contributed by atoms with Gasteiger partial charge < -0.3 is 10.6 Å². The highest BCUT2D eigenvalue weighted by Gasteiger charge is 2.01. The summed E-state index contributed by atoms with van der Waals surface area (Å²) in [5.41, 5.74) is 3.46. The zero-order valence-electron chi connectivity index (χ0n) is 12.3. The number of benzene rings is 1. The van der Waals surface area contributed by atoms with E-state index in [0.717, 1.165) is 17.7 Å². The normalized spacial score (nSPS) is 10.3. The van der Waals surface area contributed by atoms with Gasteiger partial charge in [-0.05, 0) is 24.1 Å². The van der Waals surface area contributed by atoms with E-state index in [1.807, 2.05) is 43.5 Å². The number of rotatable bonds is 7. The lowest BCUT2D eigenvalue weighted by Gasteiger charge is -2.07. The molecule has 4 heteroatoms. The molecule has 0 atom stereocenters. The molecule has 1 aromatic carbocycles. The molecular weight excluding hydrogens is 262 g/mol. The Kier molecular flexibility index (Phi) is 5.91. The van der Waals surface area contributed by atoms with Crippen LogP contribution in [0.3, 0.4) is 0 Å². The molecule has 0 unspecified atom stereocenters. The first kappa shape index (κ1) is 15.2. The lowest BCUT2D eigenvalue weighted by molar-refractivity contribution is -0.121. The number of hydrogen-bond acceptors (Lipinski definition) is 3. The average molecular weight is 283 g/mol. The number of nitrogens with one attached hydrogen (secondary N) is 2. The number of aryl methyl sites for hydroxylation is 1. The van der Waals surface area contributed by atoms with Gasteiger partial charge in [0.25, 0.3) is 0 Å². The third-order valence-electron chi connectivity index (χ3n) is 3.15. The Labute approximate surface area is 125 Å². The number of carbonyl (C=O) groups is 1. The largest absolute Gasteiger partial charge is 0.352 e. The third-order valence-corrected chi connectivity index (χ3v) is 3.15. The summed E-state index contributed by atoms with van der Waals surface area (Å²) in [6, 6.07) is 12.1. The second-order valence-corrected chi connectivity index (χ2v) is 5.05. The van der Waals surface area contributed by atoms with Crippen molar-refractivity contribution in [3.05, 3.63) is 65.5 Å². The maximum absolute atomic E-state index is 11.7. The van der Waals surface area contributed by atoms with Gasteiger partial charge in [-0.3, -0.25) is 9.78 Å². The maximum Gasteiger partial charge on any atom is 0.221 e. The van der Waals surface area contributed by atoms with Crippen molar-refractivity contribution < 1.29 is 4.79 Å². The van der Waals surface area contributed by atoms with Crippen LogP contribution in [0.15, 0.2) is 48.8 Å². The first-order valence-corrected chi connectivity index (χ1v) is 7.16. The second kappa shape index (κ2) is 8.17. The van der Waals surface area contributed by atoms with Crippen LogP contribution in [0.5, 0.6) is 0 Å². The summed E-state index contributed by atoms with van der Waals surface area (Å²) in [5.74, 6) is 0.0650. The van der Waals surface area contributed by atoms with Gasteiger partial charge in [-0.15, -0.1) is 0 Å². The van der Waals surface area contributed by atoms with Gasteiger partial charge in [0.2, 0.25) is 5.91 Å². The Morgan fingerprint density at radius 3 is 2.76 bits per heavy atom. The zero-order chi connectivity index (χ0) is 14.9. The molecule has 0 saturated heterocycles. The summed E-state index contributed by atoms with van der Waals surface area (Å²) in [6.07, 6.45) is 4.05. The summed E-state index contributed by atoms with van der Waals surface area (Å²) >= 11 is 0. The van der Waals surface area contributed by atoms with E-state index in [1.54, 1.807) is 6.20 Å². The van der Waals surface area contributed by atoms with Crippen LogP contribution in [0.1, 0.15) is 23.1 Å². The van der Waals surface area contributed by atoms with Crippen LogP contribution >= 0.6 is 0 Å². The Morgan fingerprint density at radius 1 is 1.14 bits per heavy atom. The number of hydrogen-bond donors (Lipinski definition) is 2. The van der Waals surface area contributed by atoms with Gasteiger partial charge in [0.15, 0.2) is 0 Å². The topological polar surface area (TPSA) is 54.0 Å². The molecule has 0 bridgehead atoms. The highest BCUT2D eigenvalue weighted by molar-refractivity contribution is 5.76. The van der Waals surface area contributed by atoms with Crippen LogP contribution in [0.2, 0.25) is 0 Å². The minimum absolute atomic E-state index is 0.0650. The van der Waals surface area contributed by atoms with Gasteiger partial charge in [-0.2, -0.15) is 0 Å². The zero-order valence-corrected chi connectivity index (χ0v) is 12.3. The van der Waals surface area contributed by atoms with Crippen LogP contribution in [-0.2, 0) is 17.9 Å². The lowest BCUT2D eigenvalue weighted by atomic mass is 10.1. The summed E-state index contributed by atoms with van der Waals surface area (Å²) in [6.45, 7) is 4.03. The Morgan fingerprint density at radius 2 is 2.00 bits per heavy atom. The van der Waals surface area contributed by atoms with Gasteiger partial charge >= 0.3 is 0 Å². The monoisotopic (exact) mass is 283 g/mol. The number of pyridine rings is 1. The Bertz CT molecular complexity index is 569. The molecule has 2 N–H and O–H groups in total. The predicted octanol–water partition coefficient (Wildman–Crippen LogP) is 2.19. The molecule has 110 valence electrons. The molecule has 0 spiro atoms. The van der Waals surface area contributed by atoms with Gasteiger partial charge in [-0.25, -0.2) is 0 Å². The molecule has 0 saturated carbocycles. The summed E-state index contributed by atoms with van der Waals surface area (Å²) in [7, 11) is 0. The van der Waals surface area contributed by atoms with E-state index >= 15 is 0 Å². The molecule has 21 heavy (non-hydrogen) atoms. The molecule has 2 rings (SSSR count). The van der Waals surface area contributed by atoms with Crippen LogP contribution in [0, 0.1) is 6.92 Å². The highest BCUT2D eigenvalue weighted by atomic mass is 16.1. The fraction of sp³-hybridized carbons (Fsp3) is 0.294. The number of carbonyl (C=O) groups excluding carboxylic acids is 1. The quantitative estimate of drug-likeness (QED) is 0.766. The second-order valence-electron chi connectivity index (χ2n) is 5.05. The molecule has 0 aliphatic carbocycles. The summed E-state index contributed by atoms with van der Waals surface area (Å²) in [4.78, 5) is 15.8. The number of nitrogens with zero attached hydrogens (tertiary/aromatic N) is 1. The van der Waals surface area contributed by atoms with Crippen molar-refractivity contribution in [2.24, 2.45) is 0 Å². The number of aromatic nitrogens is 1. The third kappa shape index (κ3) is 5.75. The van der Waals surface area contributed by atoms with E-state index in [-0.39, 0.29) is 5.91 Å². The van der Waals surface area contributed by atoms with Crippen LogP contribution in [-0.4, -0.2) is 17.4 Å². The molecule has 1 heterocycles. The fourth-order valence-corrected chi connectivity index (χ4v) is 2.05. The van der Waals surface area contributed by atoms with Gasteiger partial charge in [0.1, 0.15) is 0 Å². The molecule has 0 radical (unpaired) electrons. The molecule has 0 aliphatic rings. The molecule has 0 aliphatic heterocycles. The Balaban J connectivity index is 1.62. The molecular formula is C17H21N3O. The summed E-state index contributed by atoms with van der Waals surface area (Å²) in [5, 5.41) is 6.17. The van der Waals surface area contributed by atoms with E-state index in [0.29, 0.717) is 19.5 Å².